The first kappa shape index (κ1) is 19.7. The minimum atomic E-state index is -0.340. The first-order valence-electron chi connectivity index (χ1n) is 7.84. The number of guanidine groups is 1. The van der Waals surface area contributed by atoms with Crippen LogP contribution in [0.2, 0.25) is 0 Å². The molecule has 0 saturated carbocycles. The number of rotatable bonds is 6. The van der Waals surface area contributed by atoms with Crippen LogP contribution in [0.3, 0.4) is 0 Å². The Balaban J connectivity index is 0.00000264. The summed E-state index contributed by atoms with van der Waals surface area (Å²) < 4.78 is 19.0. The van der Waals surface area contributed by atoms with Gasteiger partial charge in [0, 0.05) is 12.6 Å². The molecule has 0 amide bonds. The third-order valence-corrected chi connectivity index (χ3v) is 3.41. The van der Waals surface area contributed by atoms with Crippen LogP contribution < -0.4 is 15.4 Å². The highest BCUT2D eigenvalue weighted by atomic mass is 127. The van der Waals surface area contributed by atoms with Gasteiger partial charge in [-0.15, -0.1) is 24.0 Å². The van der Waals surface area contributed by atoms with Gasteiger partial charge in [0.15, 0.2) is 17.5 Å². The smallest absolute Gasteiger partial charge is 0.191 e. The quantitative estimate of drug-likeness (QED) is 0.312. The topological polar surface area (TPSA) is 45.7 Å². The van der Waals surface area contributed by atoms with Crippen molar-refractivity contribution in [2.45, 2.75) is 39.3 Å². The summed E-state index contributed by atoms with van der Waals surface area (Å²) in [5.74, 6) is 0.718. The number of aliphatic imine (C=N–C) groups is 1. The SMILES string of the molecule is CCNC(=NCc1ccc(OCC)c(F)c1)NC1CC=CC1.I. The summed E-state index contributed by atoms with van der Waals surface area (Å²) in [6.45, 7) is 5.55. The maximum absolute atomic E-state index is 13.8. The summed E-state index contributed by atoms with van der Waals surface area (Å²) in [4.78, 5) is 4.52. The van der Waals surface area contributed by atoms with E-state index in [1.165, 1.54) is 6.07 Å². The maximum atomic E-state index is 13.8. The second-order valence-corrected chi connectivity index (χ2v) is 5.18. The maximum Gasteiger partial charge on any atom is 0.191 e. The summed E-state index contributed by atoms with van der Waals surface area (Å²) in [5, 5.41) is 6.61. The molecule has 0 aromatic heterocycles. The van der Waals surface area contributed by atoms with Gasteiger partial charge in [-0.3, -0.25) is 0 Å². The van der Waals surface area contributed by atoms with Gasteiger partial charge in [-0.1, -0.05) is 18.2 Å². The standard InChI is InChI=1S/C17H24FN3O.HI/c1-3-19-17(21-14-7-5-6-8-14)20-12-13-9-10-16(22-4-2)15(18)11-13;/h5-6,9-11,14H,3-4,7-8,12H2,1-2H3,(H2,19,20,21);1H. The van der Waals surface area contributed by atoms with Crippen molar-refractivity contribution < 1.29 is 9.13 Å². The van der Waals surface area contributed by atoms with Gasteiger partial charge in [0.2, 0.25) is 0 Å². The molecular formula is C17H25FIN3O. The summed E-state index contributed by atoms with van der Waals surface area (Å²) in [6, 6.07) is 5.38. The number of benzene rings is 1. The molecule has 2 rings (SSSR count). The van der Waals surface area contributed by atoms with Crippen molar-refractivity contribution in [1.29, 1.82) is 0 Å². The van der Waals surface area contributed by atoms with Gasteiger partial charge >= 0.3 is 0 Å². The molecule has 0 radical (unpaired) electrons. The number of nitrogens with one attached hydrogen (secondary N) is 2. The molecule has 1 aromatic carbocycles. The Morgan fingerprint density at radius 1 is 1.30 bits per heavy atom. The highest BCUT2D eigenvalue weighted by Crippen LogP contribution is 2.18. The molecule has 23 heavy (non-hydrogen) atoms. The number of hydrogen-bond donors (Lipinski definition) is 2. The Bertz CT molecular complexity index is 541. The second-order valence-electron chi connectivity index (χ2n) is 5.18. The monoisotopic (exact) mass is 433 g/mol. The molecule has 0 atom stereocenters. The normalized spacial score (nSPS) is 14.5. The first-order valence-corrected chi connectivity index (χ1v) is 7.84. The molecule has 1 aliphatic rings. The minimum Gasteiger partial charge on any atom is -0.491 e. The Morgan fingerprint density at radius 3 is 2.65 bits per heavy atom. The van der Waals surface area contributed by atoms with Crippen LogP contribution in [0.1, 0.15) is 32.3 Å². The molecule has 0 heterocycles. The lowest BCUT2D eigenvalue weighted by Gasteiger charge is -2.16. The average Bonchev–Trinajstić information content (AvgIpc) is 3.01. The Hall–Kier alpha value is -1.31. The van der Waals surface area contributed by atoms with Gasteiger partial charge < -0.3 is 15.4 Å². The van der Waals surface area contributed by atoms with E-state index in [4.69, 9.17) is 4.74 Å². The third kappa shape index (κ3) is 6.37. The van der Waals surface area contributed by atoms with Gasteiger partial charge in [0.1, 0.15) is 0 Å². The number of nitrogens with zero attached hydrogens (tertiary/aromatic N) is 1. The van der Waals surface area contributed by atoms with E-state index in [-0.39, 0.29) is 35.5 Å². The first-order chi connectivity index (χ1) is 10.7. The fraction of sp³-hybridized carbons (Fsp3) is 0.471. The molecule has 4 nitrogen and oxygen atoms in total. The van der Waals surface area contributed by atoms with E-state index >= 15 is 0 Å². The van der Waals surface area contributed by atoms with E-state index in [0.717, 1.165) is 30.9 Å². The van der Waals surface area contributed by atoms with E-state index in [9.17, 15) is 4.39 Å². The molecule has 1 aromatic rings. The van der Waals surface area contributed by atoms with Gasteiger partial charge in [-0.2, -0.15) is 0 Å². The number of ether oxygens (including phenoxy) is 1. The van der Waals surface area contributed by atoms with Crippen LogP contribution in [0, 0.1) is 5.82 Å². The predicted octanol–water partition coefficient (Wildman–Crippen LogP) is 3.62. The van der Waals surface area contributed by atoms with E-state index in [1.807, 2.05) is 19.9 Å². The Morgan fingerprint density at radius 2 is 2.04 bits per heavy atom. The predicted molar refractivity (Wildman–Crippen MR) is 103 cm³/mol. The van der Waals surface area contributed by atoms with Crippen LogP contribution in [0.25, 0.3) is 0 Å². The molecule has 0 fully saturated rings. The van der Waals surface area contributed by atoms with Crippen LogP contribution in [0.5, 0.6) is 5.75 Å². The van der Waals surface area contributed by atoms with Crippen LogP contribution in [-0.4, -0.2) is 25.2 Å². The van der Waals surface area contributed by atoms with E-state index in [1.54, 1.807) is 6.07 Å². The molecule has 0 spiro atoms. The van der Waals surface area contributed by atoms with Crippen molar-refractivity contribution >= 4 is 29.9 Å². The molecule has 0 aliphatic heterocycles. The molecule has 128 valence electrons. The van der Waals surface area contributed by atoms with Crippen molar-refractivity contribution in [1.82, 2.24) is 10.6 Å². The van der Waals surface area contributed by atoms with E-state index < -0.39 is 0 Å². The summed E-state index contributed by atoms with van der Waals surface area (Å²) in [6.07, 6.45) is 6.37. The van der Waals surface area contributed by atoms with Crippen LogP contribution >= 0.6 is 24.0 Å². The fourth-order valence-corrected chi connectivity index (χ4v) is 2.33. The molecule has 0 saturated heterocycles. The molecule has 2 N–H and O–H groups in total. The van der Waals surface area contributed by atoms with Crippen molar-refractivity contribution in [2.24, 2.45) is 4.99 Å². The van der Waals surface area contributed by atoms with Crippen LogP contribution in [0.15, 0.2) is 35.3 Å². The summed E-state index contributed by atoms with van der Waals surface area (Å²) in [5.41, 5.74) is 0.822. The largest absolute Gasteiger partial charge is 0.491 e. The highest BCUT2D eigenvalue weighted by Gasteiger charge is 2.11. The Kier molecular flexibility index (Phi) is 8.98. The zero-order valence-corrected chi connectivity index (χ0v) is 16.0. The summed E-state index contributed by atoms with van der Waals surface area (Å²) >= 11 is 0. The van der Waals surface area contributed by atoms with Gasteiger partial charge in [0.05, 0.1) is 13.2 Å². The van der Waals surface area contributed by atoms with E-state index in [0.29, 0.717) is 19.2 Å². The number of halogens is 2. The molecule has 6 heteroatoms. The van der Waals surface area contributed by atoms with Crippen molar-refractivity contribution in [3.63, 3.8) is 0 Å². The van der Waals surface area contributed by atoms with Crippen molar-refractivity contribution in [2.75, 3.05) is 13.2 Å². The molecule has 1 aliphatic carbocycles. The lowest BCUT2D eigenvalue weighted by Crippen LogP contribution is -2.42. The zero-order valence-electron chi connectivity index (χ0n) is 13.6. The minimum absolute atomic E-state index is 0. The fourth-order valence-electron chi connectivity index (χ4n) is 2.33. The lowest BCUT2D eigenvalue weighted by molar-refractivity contribution is 0.321. The van der Waals surface area contributed by atoms with Gasteiger partial charge in [0.25, 0.3) is 0 Å². The Labute approximate surface area is 154 Å². The summed E-state index contributed by atoms with van der Waals surface area (Å²) in [7, 11) is 0. The molecule has 0 unspecified atom stereocenters. The molecular weight excluding hydrogens is 408 g/mol. The lowest BCUT2D eigenvalue weighted by atomic mass is 10.2. The van der Waals surface area contributed by atoms with Crippen LogP contribution in [0.4, 0.5) is 4.39 Å². The number of hydrogen-bond acceptors (Lipinski definition) is 2. The van der Waals surface area contributed by atoms with Crippen molar-refractivity contribution in [3.8, 4) is 5.75 Å². The van der Waals surface area contributed by atoms with Crippen LogP contribution in [-0.2, 0) is 6.54 Å². The zero-order chi connectivity index (χ0) is 15.8. The molecule has 0 bridgehead atoms. The van der Waals surface area contributed by atoms with Gasteiger partial charge in [-0.05, 0) is 44.4 Å². The third-order valence-electron chi connectivity index (χ3n) is 3.41. The van der Waals surface area contributed by atoms with Gasteiger partial charge in [-0.25, -0.2) is 9.38 Å². The van der Waals surface area contributed by atoms with E-state index in [2.05, 4.69) is 27.8 Å². The highest BCUT2D eigenvalue weighted by molar-refractivity contribution is 14.0. The van der Waals surface area contributed by atoms with Crippen molar-refractivity contribution in [3.05, 3.63) is 41.7 Å². The average molecular weight is 433 g/mol. The second kappa shape index (κ2) is 10.5.